The van der Waals surface area contributed by atoms with E-state index in [1.54, 1.807) is 11.3 Å². The number of nitrogens with two attached hydrogens (primary N) is 1. The van der Waals surface area contributed by atoms with E-state index in [1.807, 2.05) is 6.20 Å². The second kappa shape index (κ2) is 4.63. The molecule has 0 unspecified atom stereocenters. The summed E-state index contributed by atoms with van der Waals surface area (Å²) in [6.07, 6.45) is 1.82. The summed E-state index contributed by atoms with van der Waals surface area (Å²) in [5, 5.41) is 4.22. The van der Waals surface area contributed by atoms with Gasteiger partial charge in [-0.2, -0.15) is 0 Å². The van der Waals surface area contributed by atoms with Gasteiger partial charge in [-0.05, 0) is 31.0 Å². The summed E-state index contributed by atoms with van der Waals surface area (Å²) in [6.45, 7) is 4.71. The highest BCUT2D eigenvalue weighted by atomic mass is 32.1. The van der Waals surface area contributed by atoms with Crippen LogP contribution in [0, 0.1) is 13.8 Å². The molecule has 0 saturated heterocycles. The van der Waals surface area contributed by atoms with Gasteiger partial charge in [0.25, 0.3) is 0 Å². The lowest BCUT2D eigenvalue weighted by molar-refractivity contribution is 1.10. The van der Waals surface area contributed by atoms with E-state index in [2.05, 4.69) is 42.3 Å². The van der Waals surface area contributed by atoms with E-state index in [4.69, 9.17) is 5.73 Å². The number of hydrogen-bond donors (Lipinski definition) is 2. The van der Waals surface area contributed by atoms with Gasteiger partial charge < -0.3 is 11.1 Å². The molecule has 1 aromatic heterocycles. The first-order valence-electron chi connectivity index (χ1n) is 5.18. The number of anilines is 2. The lowest BCUT2D eigenvalue weighted by Gasteiger charge is -2.07. The predicted molar refractivity (Wildman–Crippen MR) is 69.2 cm³/mol. The van der Waals surface area contributed by atoms with Crippen molar-refractivity contribution in [1.29, 1.82) is 0 Å². The van der Waals surface area contributed by atoms with Crippen molar-refractivity contribution in [3.8, 4) is 0 Å². The van der Waals surface area contributed by atoms with Gasteiger partial charge in [-0.25, -0.2) is 4.98 Å². The first-order valence-corrected chi connectivity index (χ1v) is 6.00. The number of rotatable bonds is 3. The number of nitrogens with one attached hydrogen (secondary N) is 1. The molecule has 0 saturated carbocycles. The molecular weight excluding hydrogens is 218 g/mol. The Labute approximate surface area is 99.3 Å². The van der Waals surface area contributed by atoms with Crippen molar-refractivity contribution in [2.75, 3.05) is 5.32 Å². The number of thiazole rings is 1. The number of hydrogen-bond acceptors (Lipinski definition) is 4. The van der Waals surface area contributed by atoms with Gasteiger partial charge in [0.15, 0.2) is 5.13 Å². The fourth-order valence-corrected chi connectivity index (χ4v) is 2.15. The zero-order valence-electron chi connectivity index (χ0n) is 9.45. The smallest absolute Gasteiger partial charge is 0.187 e. The molecule has 3 nitrogen and oxygen atoms in total. The Morgan fingerprint density at radius 3 is 2.88 bits per heavy atom. The van der Waals surface area contributed by atoms with Gasteiger partial charge >= 0.3 is 0 Å². The minimum atomic E-state index is 0.548. The number of nitrogens with zero attached hydrogens (tertiary/aromatic N) is 1. The molecule has 0 atom stereocenters. The largest absolute Gasteiger partial charge is 0.331 e. The van der Waals surface area contributed by atoms with E-state index < -0.39 is 0 Å². The van der Waals surface area contributed by atoms with Crippen molar-refractivity contribution < 1.29 is 0 Å². The minimum absolute atomic E-state index is 0.548. The molecule has 2 rings (SSSR count). The van der Waals surface area contributed by atoms with E-state index in [0.29, 0.717) is 6.54 Å². The molecule has 0 aliphatic rings. The maximum absolute atomic E-state index is 5.55. The Morgan fingerprint density at radius 2 is 2.19 bits per heavy atom. The van der Waals surface area contributed by atoms with Crippen LogP contribution in [-0.2, 0) is 6.54 Å². The number of aromatic nitrogens is 1. The molecule has 0 aliphatic carbocycles. The molecule has 0 radical (unpaired) electrons. The third kappa shape index (κ3) is 2.40. The van der Waals surface area contributed by atoms with Gasteiger partial charge in [-0.15, -0.1) is 11.3 Å². The summed E-state index contributed by atoms with van der Waals surface area (Å²) >= 11 is 1.60. The number of benzene rings is 1. The third-order valence-electron chi connectivity index (χ3n) is 2.39. The second-order valence-electron chi connectivity index (χ2n) is 3.78. The van der Waals surface area contributed by atoms with E-state index in [-0.39, 0.29) is 0 Å². The Balaban J connectivity index is 2.22. The van der Waals surface area contributed by atoms with Crippen molar-refractivity contribution in [3.05, 3.63) is 40.4 Å². The maximum atomic E-state index is 5.55. The van der Waals surface area contributed by atoms with Crippen LogP contribution in [0.4, 0.5) is 10.8 Å². The van der Waals surface area contributed by atoms with Crippen LogP contribution >= 0.6 is 11.3 Å². The molecule has 3 N–H and O–H groups in total. The van der Waals surface area contributed by atoms with Crippen molar-refractivity contribution >= 4 is 22.2 Å². The maximum Gasteiger partial charge on any atom is 0.187 e. The van der Waals surface area contributed by atoms with E-state index in [9.17, 15) is 0 Å². The quantitative estimate of drug-likeness (QED) is 0.857. The van der Waals surface area contributed by atoms with Crippen LogP contribution in [0.2, 0.25) is 0 Å². The fraction of sp³-hybridized carbons (Fsp3) is 0.250. The van der Waals surface area contributed by atoms with E-state index in [1.165, 1.54) is 11.1 Å². The summed E-state index contributed by atoms with van der Waals surface area (Å²) in [5.74, 6) is 0. The van der Waals surface area contributed by atoms with Gasteiger partial charge in [0.05, 0.1) is 0 Å². The van der Waals surface area contributed by atoms with Crippen LogP contribution in [0.3, 0.4) is 0 Å². The van der Waals surface area contributed by atoms with Gasteiger partial charge in [-0.3, -0.25) is 0 Å². The highest BCUT2D eigenvalue weighted by molar-refractivity contribution is 7.15. The van der Waals surface area contributed by atoms with Crippen LogP contribution < -0.4 is 11.1 Å². The standard InChI is InChI=1S/C12H15N3S/c1-8-3-4-9(2)11(5-8)15-12-14-7-10(6-13)16-12/h3-5,7H,6,13H2,1-2H3,(H,14,15). The molecular formula is C12H15N3S. The second-order valence-corrected chi connectivity index (χ2v) is 4.89. The van der Waals surface area contributed by atoms with E-state index in [0.717, 1.165) is 15.7 Å². The van der Waals surface area contributed by atoms with Gasteiger partial charge in [-0.1, -0.05) is 12.1 Å². The van der Waals surface area contributed by atoms with Gasteiger partial charge in [0, 0.05) is 23.3 Å². The molecule has 0 amide bonds. The van der Waals surface area contributed by atoms with Crippen molar-refractivity contribution in [1.82, 2.24) is 4.98 Å². The molecule has 1 heterocycles. The molecule has 0 fully saturated rings. The van der Waals surface area contributed by atoms with E-state index >= 15 is 0 Å². The van der Waals surface area contributed by atoms with Crippen LogP contribution in [-0.4, -0.2) is 4.98 Å². The Kier molecular flexibility index (Phi) is 3.22. The van der Waals surface area contributed by atoms with Crippen LogP contribution in [0.1, 0.15) is 16.0 Å². The highest BCUT2D eigenvalue weighted by Crippen LogP contribution is 2.25. The zero-order valence-corrected chi connectivity index (χ0v) is 10.3. The molecule has 2 aromatic rings. The van der Waals surface area contributed by atoms with Crippen LogP contribution in [0.5, 0.6) is 0 Å². The van der Waals surface area contributed by atoms with Gasteiger partial charge in [0.1, 0.15) is 0 Å². The summed E-state index contributed by atoms with van der Waals surface area (Å²) in [5.41, 5.74) is 9.12. The Hall–Kier alpha value is -1.39. The molecule has 0 spiro atoms. The summed E-state index contributed by atoms with van der Waals surface area (Å²) in [6, 6.07) is 6.33. The van der Waals surface area contributed by atoms with Crippen LogP contribution in [0.25, 0.3) is 0 Å². The summed E-state index contributed by atoms with van der Waals surface area (Å²) < 4.78 is 0. The number of aryl methyl sites for hydroxylation is 2. The SMILES string of the molecule is Cc1ccc(C)c(Nc2ncc(CN)s2)c1. The van der Waals surface area contributed by atoms with Crippen molar-refractivity contribution in [2.45, 2.75) is 20.4 Å². The summed E-state index contributed by atoms with van der Waals surface area (Å²) in [4.78, 5) is 5.37. The summed E-state index contributed by atoms with van der Waals surface area (Å²) in [7, 11) is 0. The molecule has 0 aliphatic heterocycles. The average molecular weight is 233 g/mol. The minimum Gasteiger partial charge on any atom is -0.331 e. The monoisotopic (exact) mass is 233 g/mol. The highest BCUT2D eigenvalue weighted by Gasteiger charge is 2.03. The Bertz CT molecular complexity index is 491. The average Bonchev–Trinajstić information content (AvgIpc) is 2.71. The lowest BCUT2D eigenvalue weighted by atomic mass is 10.1. The van der Waals surface area contributed by atoms with Crippen LogP contribution in [0.15, 0.2) is 24.4 Å². The van der Waals surface area contributed by atoms with Crippen molar-refractivity contribution in [2.24, 2.45) is 5.73 Å². The molecule has 0 bridgehead atoms. The molecule has 16 heavy (non-hydrogen) atoms. The first-order chi connectivity index (χ1) is 7.69. The topological polar surface area (TPSA) is 50.9 Å². The normalized spacial score (nSPS) is 10.4. The van der Waals surface area contributed by atoms with Crippen molar-refractivity contribution in [3.63, 3.8) is 0 Å². The van der Waals surface area contributed by atoms with Gasteiger partial charge in [0.2, 0.25) is 0 Å². The third-order valence-corrected chi connectivity index (χ3v) is 3.32. The fourth-order valence-electron chi connectivity index (χ4n) is 1.45. The zero-order chi connectivity index (χ0) is 11.5. The molecule has 4 heteroatoms. The molecule has 84 valence electrons. The lowest BCUT2D eigenvalue weighted by Crippen LogP contribution is -1.92. The molecule has 1 aromatic carbocycles. The first kappa shape index (κ1) is 11.1. The Morgan fingerprint density at radius 1 is 1.38 bits per heavy atom. The predicted octanol–water partition coefficient (Wildman–Crippen LogP) is 2.96.